The molecule has 3 nitrogen and oxygen atoms in total. The molecular formula is C16H14Cl3NO2. The second kappa shape index (κ2) is 7.73. The Balaban J connectivity index is 1.92. The number of benzene rings is 2. The van der Waals surface area contributed by atoms with E-state index in [0.717, 1.165) is 5.56 Å². The van der Waals surface area contributed by atoms with Crippen LogP contribution in [0.5, 0.6) is 5.75 Å². The molecule has 0 radical (unpaired) electrons. The average molecular weight is 359 g/mol. The normalized spacial score (nSPS) is 11.8. The van der Waals surface area contributed by atoms with Gasteiger partial charge in [-0.05, 0) is 18.6 Å². The number of hydrogen-bond donors (Lipinski definition) is 1. The van der Waals surface area contributed by atoms with Crippen LogP contribution in [0.4, 0.5) is 0 Å². The molecule has 2 aromatic carbocycles. The van der Waals surface area contributed by atoms with Crippen LogP contribution >= 0.6 is 34.8 Å². The molecule has 6 heteroatoms. The molecule has 0 unspecified atom stereocenters. The molecular weight excluding hydrogens is 345 g/mol. The highest BCUT2D eigenvalue weighted by Gasteiger charge is 2.12. The van der Waals surface area contributed by atoms with Crippen LogP contribution in [0.15, 0.2) is 42.5 Å². The summed E-state index contributed by atoms with van der Waals surface area (Å²) in [5.41, 5.74) is 1.02. The first-order valence-corrected chi connectivity index (χ1v) is 7.72. The van der Waals surface area contributed by atoms with Crippen LogP contribution in [-0.2, 0) is 4.79 Å². The molecule has 1 N–H and O–H groups in total. The van der Waals surface area contributed by atoms with E-state index in [4.69, 9.17) is 39.5 Å². The fourth-order valence-corrected chi connectivity index (χ4v) is 2.46. The lowest BCUT2D eigenvalue weighted by molar-refractivity contribution is -0.123. The van der Waals surface area contributed by atoms with Gasteiger partial charge in [-0.2, -0.15) is 0 Å². The molecule has 22 heavy (non-hydrogen) atoms. The Kier molecular flexibility index (Phi) is 5.95. The van der Waals surface area contributed by atoms with E-state index in [2.05, 4.69) is 5.32 Å². The summed E-state index contributed by atoms with van der Waals surface area (Å²) < 4.78 is 5.38. The number of nitrogens with one attached hydrogen (secondary N) is 1. The van der Waals surface area contributed by atoms with Gasteiger partial charge in [0.1, 0.15) is 5.75 Å². The van der Waals surface area contributed by atoms with Gasteiger partial charge in [0.2, 0.25) is 0 Å². The number of hydrogen-bond acceptors (Lipinski definition) is 2. The Labute approximate surface area is 144 Å². The van der Waals surface area contributed by atoms with Crippen molar-refractivity contribution in [3.8, 4) is 5.75 Å². The van der Waals surface area contributed by atoms with E-state index in [-0.39, 0.29) is 18.6 Å². The fourth-order valence-electron chi connectivity index (χ4n) is 1.87. The van der Waals surface area contributed by atoms with Crippen LogP contribution in [0.3, 0.4) is 0 Å². The molecule has 0 saturated heterocycles. The van der Waals surface area contributed by atoms with Crippen molar-refractivity contribution >= 4 is 40.7 Å². The molecule has 0 spiro atoms. The maximum atomic E-state index is 11.9. The average Bonchev–Trinajstić information content (AvgIpc) is 2.50. The van der Waals surface area contributed by atoms with Crippen molar-refractivity contribution in [1.29, 1.82) is 0 Å². The summed E-state index contributed by atoms with van der Waals surface area (Å²) in [6.45, 7) is 1.74. The monoisotopic (exact) mass is 357 g/mol. The van der Waals surface area contributed by atoms with Crippen molar-refractivity contribution in [3.05, 3.63) is 63.1 Å². The summed E-state index contributed by atoms with van der Waals surface area (Å²) in [6.07, 6.45) is 0. The van der Waals surface area contributed by atoms with Gasteiger partial charge in [-0.1, -0.05) is 65.1 Å². The lowest BCUT2D eigenvalue weighted by Crippen LogP contribution is -2.31. The summed E-state index contributed by atoms with van der Waals surface area (Å²) in [5, 5.41) is 3.80. The summed E-state index contributed by atoms with van der Waals surface area (Å²) in [5.74, 6) is 0.0667. The number of halogens is 3. The molecule has 2 aromatic rings. The summed E-state index contributed by atoms with van der Waals surface area (Å²) in [4.78, 5) is 11.9. The van der Waals surface area contributed by atoms with Crippen LogP contribution < -0.4 is 10.1 Å². The maximum absolute atomic E-state index is 11.9. The number of ether oxygens (including phenoxy) is 1. The molecule has 2 rings (SSSR count). The third-order valence-corrected chi connectivity index (χ3v) is 4.03. The molecule has 0 aromatic heterocycles. The Morgan fingerprint density at radius 3 is 2.41 bits per heavy atom. The molecule has 1 amide bonds. The number of rotatable bonds is 5. The largest absolute Gasteiger partial charge is 0.482 e. The quantitative estimate of drug-likeness (QED) is 0.772. The topological polar surface area (TPSA) is 38.3 Å². The predicted molar refractivity (Wildman–Crippen MR) is 90.0 cm³/mol. The Morgan fingerprint density at radius 2 is 1.73 bits per heavy atom. The highest BCUT2D eigenvalue weighted by molar-refractivity contribution is 6.43. The van der Waals surface area contributed by atoms with Gasteiger partial charge in [0.25, 0.3) is 5.91 Å². The Bertz CT molecular complexity index is 662. The van der Waals surface area contributed by atoms with E-state index in [0.29, 0.717) is 20.8 Å². The summed E-state index contributed by atoms with van der Waals surface area (Å²) in [6, 6.07) is 12.5. The minimum atomic E-state index is -0.251. The second-order valence-electron chi connectivity index (χ2n) is 4.69. The van der Waals surface area contributed by atoms with Crippen molar-refractivity contribution in [2.24, 2.45) is 0 Å². The van der Waals surface area contributed by atoms with Gasteiger partial charge in [-0.25, -0.2) is 0 Å². The van der Waals surface area contributed by atoms with Crippen LogP contribution in [0.25, 0.3) is 0 Å². The van der Waals surface area contributed by atoms with Gasteiger partial charge in [-0.15, -0.1) is 0 Å². The van der Waals surface area contributed by atoms with Crippen molar-refractivity contribution in [3.63, 3.8) is 0 Å². The first-order valence-electron chi connectivity index (χ1n) is 6.59. The van der Waals surface area contributed by atoms with Gasteiger partial charge in [0.15, 0.2) is 6.61 Å². The van der Waals surface area contributed by atoms with Crippen LogP contribution in [0, 0.1) is 0 Å². The van der Waals surface area contributed by atoms with Crippen molar-refractivity contribution in [2.45, 2.75) is 13.0 Å². The highest BCUT2D eigenvalue weighted by atomic mass is 35.5. The minimum absolute atomic E-state index is 0.110. The SMILES string of the molecule is C[C@H](NC(=O)COc1cc(Cl)c(Cl)cc1Cl)c1ccccc1. The zero-order valence-electron chi connectivity index (χ0n) is 11.8. The number of carbonyl (C=O) groups excluding carboxylic acids is 1. The molecule has 0 aliphatic carbocycles. The second-order valence-corrected chi connectivity index (χ2v) is 5.91. The maximum Gasteiger partial charge on any atom is 0.258 e. The molecule has 0 heterocycles. The van der Waals surface area contributed by atoms with E-state index < -0.39 is 0 Å². The third kappa shape index (κ3) is 4.54. The van der Waals surface area contributed by atoms with E-state index in [1.807, 2.05) is 37.3 Å². The lowest BCUT2D eigenvalue weighted by atomic mass is 10.1. The van der Waals surface area contributed by atoms with Gasteiger partial charge >= 0.3 is 0 Å². The van der Waals surface area contributed by atoms with E-state index in [1.165, 1.54) is 12.1 Å². The highest BCUT2D eigenvalue weighted by Crippen LogP contribution is 2.33. The molecule has 0 aliphatic heterocycles. The first-order chi connectivity index (χ1) is 10.5. The zero-order chi connectivity index (χ0) is 16.1. The van der Waals surface area contributed by atoms with Crippen molar-refractivity contribution < 1.29 is 9.53 Å². The molecule has 0 aliphatic rings. The van der Waals surface area contributed by atoms with Crippen molar-refractivity contribution in [2.75, 3.05) is 6.61 Å². The molecule has 0 fully saturated rings. The van der Waals surface area contributed by atoms with Gasteiger partial charge < -0.3 is 10.1 Å². The molecule has 0 bridgehead atoms. The van der Waals surface area contributed by atoms with Gasteiger partial charge in [-0.3, -0.25) is 4.79 Å². The van der Waals surface area contributed by atoms with E-state index in [1.54, 1.807) is 0 Å². The van der Waals surface area contributed by atoms with Gasteiger partial charge in [0, 0.05) is 6.07 Å². The smallest absolute Gasteiger partial charge is 0.258 e. The van der Waals surface area contributed by atoms with E-state index in [9.17, 15) is 4.79 Å². The van der Waals surface area contributed by atoms with Crippen LogP contribution in [0.1, 0.15) is 18.5 Å². The lowest BCUT2D eigenvalue weighted by Gasteiger charge is -2.15. The molecule has 0 saturated carbocycles. The van der Waals surface area contributed by atoms with Crippen LogP contribution in [-0.4, -0.2) is 12.5 Å². The standard InChI is InChI=1S/C16H14Cl3NO2/c1-10(11-5-3-2-4-6-11)20-16(21)9-22-15-8-13(18)12(17)7-14(15)19/h2-8,10H,9H2,1H3,(H,20,21)/t10-/m0/s1. The van der Waals surface area contributed by atoms with Gasteiger partial charge in [0.05, 0.1) is 21.1 Å². The molecule has 1 atom stereocenters. The first kappa shape index (κ1) is 16.9. The Hall–Kier alpha value is -1.42. The summed E-state index contributed by atoms with van der Waals surface area (Å²) >= 11 is 17.7. The predicted octanol–water partition coefficient (Wildman–Crippen LogP) is 4.90. The minimum Gasteiger partial charge on any atom is -0.482 e. The Morgan fingerprint density at radius 1 is 1.09 bits per heavy atom. The number of carbonyl (C=O) groups is 1. The summed E-state index contributed by atoms with van der Waals surface area (Å²) in [7, 11) is 0. The van der Waals surface area contributed by atoms with E-state index >= 15 is 0 Å². The fraction of sp³-hybridized carbons (Fsp3) is 0.188. The van der Waals surface area contributed by atoms with Crippen LogP contribution in [0.2, 0.25) is 15.1 Å². The third-order valence-electron chi connectivity index (χ3n) is 3.01. The molecule has 116 valence electrons. The number of amides is 1. The van der Waals surface area contributed by atoms with Crippen molar-refractivity contribution in [1.82, 2.24) is 5.32 Å². The zero-order valence-corrected chi connectivity index (χ0v) is 14.0.